The van der Waals surface area contributed by atoms with Gasteiger partial charge in [0.05, 0.1) is 12.3 Å². The molecule has 0 fully saturated rings. The van der Waals surface area contributed by atoms with Crippen molar-refractivity contribution in [3.05, 3.63) is 64.5 Å². The minimum Gasteiger partial charge on any atom is -0.482 e. The Bertz CT molecular complexity index is 1180. The summed E-state index contributed by atoms with van der Waals surface area (Å²) in [6, 6.07) is 14.2. The van der Waals surface area contributed by atoms with Crippen molar-refractivity contribution in [3.63, 3.8) is 0 Å². The van der Waals surface area contributed by atoms with Crippen LogP contribution in [-0.2, 0) is 14.3 Å². The molecule has 0 bridgehead atoms. The zero-order valence-electron chi connectivity index (χ0n) is 17.1. The minimum atomic E-state index is -0.525. The second-order valence-corrected chi connectivity index (χ2v) is 8.18. The van der Waals surface area contributed by atoms with E-state index in [2.05, 4.69) is 5.32 Å². The number of esters is 1. The summed E-state index contributed by atoms with van der Waals surface area (Å²) >= 11 is 7.28. The lowest BCUT2D eigenvalue weighted by Crippen LogP contribution is -2.43. The van der Waals surface area contributed by atoms with Crippen LogP contribution in [0.15, 0.2) is 53.9 Å². The highest BCUT2D eigenvalue weighted by atomic mass is 35.5. The molecule has 9 heteroatoms. The van der Waals surface area contributed by atoms with Gasteiger partial charge in [-0.05, 0) is 30.7 Å². The maximum absolute atomic E-state index is 12.9. The molecule has 0 aliphatic carbocycles. The molecule has 2 heterocycles. The van der Waals surface area contributed by atoms with Gasteiger partial charge >= 0.3 is 5.97 Å². The van der Waals surface area contributed by atoms with Gasteiger partial charge in [0.1, 0.15) is 22.9 Å². The van der Waals surface area contributed by atoms with E-state index in [0.717, 1.165) is 5.56 Å². The first kappa shape index (κ1) is 21.9. The van der Waals surface area contributed by atoms with Crippen molar-refractivity contribution in [2.45, 2.75) is 6.92 Å². The van der Waals surface area contributed by atoms with Crippen LogP contribution in [0.3, 0.4) is 0 Å². The molecule has 0 saturated heterocycles. The molecule has 0 spiro atoms. The molecular weight excluding hydrogens is 452 g/mol. The van der Waals surface area contributed by atoms with E-state index in [-0.39, 0.29) is 31.2 Å². The third-order valence-corrected chi connectivity index (χ3v) is 5.90. The first-order chi connectivity index (χ1) is 15.5. The Hall–Kier alpha value is -3.36. The molecule has 2 amide bonds. The molecule has 2 aromatic carbocycles. The molecule has 32 heavy (non-hydrogen) atoms. The summed E-state index contributed by atoms with van der Waals surface area (Å²) in [5.41, 5.74) is 2.21. The fourth-order valence-electron chi connectivity index (χ4n) is 3.34. The molecule has 0 radical (unpaired) electrons. The van der Waals surface area contributed by atoms with Crippen molar-refractivity contribution >= 4 is 51.4 Å². The second kappa shape index (κ2) is 9.42. The standard InChI is InChI=1S/C23H19ClN2O5S/c1-2-30-23(29)21-16(14-6-4-3-5-7-14)13-32-22(21)25-19(27)11-26-17-10-15(24)8-9-18(17)31-12-20(26)28/h3-10,13H,2,11-12H2,1H3,(H,25,27). The summed E-state index contributed by atoms with van der Waals surface area (Å²) in [4.78, 5) is 39.3. The SMILES string of the molecule is CCOC(=O)c1c(-c2ccccc2)csc1NC(=O)CN1C(=O)COc2ccc(Cl)cc21. The number of fused-ring (bicyclic) bond motifs is 1. The van der Waals surface area contributed by atoms with Crippen molar-refractivity contribution < 1.29 is 23.9 Å². The van der Waals surface area contributed by atoms with E-state index >= 15 is 0 Å². The van der Waals surface area contributed by atoms with Gasteiger partial charge < -0.3 is 14.8 Å². The van der Waals surface area contributed by atoms with E-state index in [4.69, 9.17) is 21.1 Å². The highest BCUT2D eigenvalue weighted by Crippen LogP contribution is 2.37. The van der Waals surface area contributed by atoms with Crippen molar-refractivity contribution in [1.29, 1.82) is 0 Å². The molecule has 0 atom stereocenters. The van der Waals surface area contributed by atoms with Gasteiger partial charge in [-0.1, -0.05) is 41.9 Å². The van der Waals surface area contributed by atoms with Crippen LogP contribution < -0.4 is 15.0 Å². The summed E-state index contributed by atoms with van der Waals surface area (Å²) < 4.78 is 10.6. The number of anilines is 2. The quantitative estimate of drug-likeness (QED) is 0.532. The monoisotopic (exact) mass is 470 g/mol. The van der Waals surface area contributed by atoms with Crippen LogP contribution >= 0.6 is 22.9 Å². The molecule has 1 aliphatic heterocycles. The minimum absolute atomic E-state index is 0.173. The number of amides is 2. The predicted octanol–water partition coefficient (Wildman–Crippen LogP) is 4.61. The molecule has 4 rings (SSSR count). The smallest absolute Gasteiger partial charge is 0.341 e. The predicted molar refractivity (Wildman–Crippen MR) is 124 cm³/mol. The number of ether oxygens (including phenoxy) is 2. The van der Waals surface area contributed by atoms with Crippen LogP contribution in [0.1, 0.15) is 17.3 Å². The largest absolute Gasteiger partial charge is 0.482 e. The Morgan fingerprint density at radius 1 is 1.22 bits per heavy atom. The molecule has 0 saturated carbocycles. The van der Waals surface area contributed by atoms with Crippen LogP contribution in [0.5, 0.6) is 5.75 Å². The van der Waals surface area contributed by atoms with Gasteiger partial charge in [0.2, 0.25) is 5.91 Å². The van der Waals surface area contributed by atoms with E-state index in [0.29, 0.717) is 27.0 Å². The number of hydrogen-bond acceptors (Lipinski definition) is 6. The van der Waals surface area contributed by atoms with Gasteiger partial charge in [0.15, 0.2) is 6.61 Å². The molecule has 7 nitrogen and oxygen atoms in total. The van der Waals surface area contributed by atoms with Crippen molar-refractivity contribution in [2.24, 2.45) is 0 Å². The lowest BCUT2D eigenvalue weighted by Gasteiger charge is -2.28. The normalized spacial score (nSPS) is 12.7. The zero-order valence-corrected chi connectivity index (χ0v) is 18.7. The Morgan fingerprint density at radius 3 is 2.75 bits per heavy atom. The Morgan fingerprint density at radius 2 is 2.00 bits per heavy atom. The fraction of sp³-hybridized carbons (Fsp3) is 0.174. The van der Waals surface area contributed by atoms with Crippen LogP contribution in [0.25, 0.3) is 11.1 Å². The van der Waals surface area contributed by atoms with Gasteiger partial charge in [-0.2, -0.15) is 0 Å². The van der Waals surface area contributed by atoms with Gasteiger partial charge in [0.25, 0.3) is 5.91 Å². The fourth-order valence-corrected chi connectivity index (χ4v) is 4.48. The van der Waals surface area contributed by atoms with Crippen LogP contribution in [0.4, 0.5) is 10.7 Å². The Labute approximate surface area is 193 Å². The Balaban J connectivity index is 1.60. The maximum atomic E-state index is 12.9. The molecule has 0 unspecified atom stereocenters. The molecule has 1 N–H and O–H groups in total. The van der Waals surface area contributed by atoms with E-state index in [1.807, 2.05) is 30.3 Å². The van der Waals surface area contributed by atoms with E-state index in [9.17, 15) is 14.4 Å². The first-order valence-electron chi connectivity index (χ1n) is 9.84. The maximum Gasteiger partial charge on any atom is 0.341 e. The van der Waals surface area contributed by atoms with Gasteiger partial charge in [-0.15, -0.1) is 11.3 Å². The molecule has 1 aromatic heterocycles. The number of benzene rings is 2. The molecule has 164 valence electrons. The van der Waals surface area contributed by atoms with Crippen molar-refractivity contribution in [3.8, 4) is 16.9 Å². The lowest BCUT2D eigenvalue weighted by molar-refractivity contribution is -0.123. The summed E-state index contributed by atoms with van der Waals surface area (Å²) in [5, 5.41) is 5.34. The summed E-state index contributed by atoms with van der Waals surface area (Å²) in [6.45, 7) is 1.50. The summed E-state index contributed by atoms with van der Waals surface area (Å²) in [7, 11) is 0. The number of thiophene rings is 1. The number of hydrogen-bond donors (Lipinski definition) is 1. The number of halogens is 1. The van der Waals surface area contributed by atoms with E-state index in [1.54, 1.807) is 30.5 Å². The topological polar surface area (TPSA) is 84.9 Å². The molecule has 3 aromatic rings. The summed E-state index contributed by atoms with van der Waals surface area (Å²) in [5.74, 6) is -0.881. The Kier molecular flexibility index (Phi) is 6.43. The third-order valence-electron chi connectivity index (χ3n) is 4.77. The van der Waals surface area contributed by atoms with Gasteiger partial charge in [-0.25, -0.2) is 4.79 Å². The number of carbonyl (C=O) groups is 3. The van der Waals surface area contributed by atoms with E-state index < -0.39 is 11.9 Å². The molecule has 1 aliphatic rings. The number of rotatable bonds is 6. The number of nitrogens with one attached hydrogen (secondary N) is 1. The zero-order chi connectivity index (χ0) is 22.7. The van der Waals surface area contributed by atoms with E-state index in [1.165, 1.54) is 16.2 Å². The third kappa shape index (κ3) is 4.46. The lowest BCUT2D eigenvalue weighted by atomic mass is 10.0. The second-order valence-electron chi connectivity index (χ2n) is 6.87. The first-order valence-corrected chi connectivity index (χ1v) is 11.1. The van der Waals surface area contributed by atoms with Crippen molar-refractivity contribution in [2.75, 3.05) is 30.0 Å². The highest BCUT2D eigenvalue weighted by molar-refractivity contribution is 7.15. The average Bonchev–Trinajstić information content (AvgIpc) is 3.20. The van der Waals surface area contributed by atoms with Crippen molar-refractivity contribution in [1.82, 2.24) is 0 Å². The van der Waals surface area contributed by atoms with Crippen LogP contribution in [0, 0.1) is 0 Å². The van der Waals surface area contributed by atoms with Crippen LogP contribution in [0.2, 0.25) is 5.02 Å². The summed E-state index contributed by atoms with van der Waals surface area (Å²) in [6.07, 6.45) is 0. The van der Waals surface area contributed by atoms with Gasteiger partial charge in [0, 0.05) is 16.0 Å². The number of carbonyl (C=O) groups excluding carboxylic acids is 3. The number of nitrogens with zero attached hydrogens (tertiary/aromatic N) is 1. The highest BCUT2D eigenvalue weighted by Gasteiger charge is 2.29. The van der Waals surface area contributed by atoms with Crippen LogP contribution in [-0.4, -0.2) is 37.5 Å². The molecular formula is C23H19ClN2O5S. The average molecular weight is 471 g/mol. The van der Waals surface area contributed by atoms with Gasteiger partial charge in [-0.3, -0.25) is 14.5 Å².